The van der Waals surface area contributed by atoms with Gasteiger partial charge < -0.3 is 16.0 Å². The Hall–Kier alpha value is -3.03. The van der Waals surface area contributed by atoms with Gasteiger partial charge in [0.2, 0.25) is 0 Å². The lowest BCUT2D eigenvalue weighted by Crippen LogP contribution is -2.41. The van der Waals surface area contributed by atoms with Gasteiger partial charge in [0.05, 0.1) is 4.88 Å². The first-order valence-electron chi connectivity index (χ1n) is 8.91. The summed E-state index contributed by atoms with van der Waals surface area (Å²) in [5.41, 5.74) is 8.61. The van der Waals surface area contributed by atoms with E-state index in [9.17, 15) is 9.18 Å². The first-order chi connectivity index (χ1) is 13.6. The Morgan fingerprint density at radius 3 is 2.79 bits per heavy atom. The lowest BCUT2D eigenvalue weighted by Gasteiger charge is -2.16. The fourth-order valence-electron chi connectivity index (χ4n) is 3.14. The highest BCUT2D eigenvalue weighted by molar-refractivity contribution is 7.17. The van der Waals surface area contributed by atoms with Crippen LogP contribution in [0.1, 0.15) is 15.2 Å². The van der Waals surface area contributed by atoms with Crippen LogP contribution >= 0.6 is 11.3 Å². The van der Waals surface area contributed by atoms with E-state index in [0.29, 0.717) is 17.8 Å². The highest BCUT2D eigenvalue weighted by Crippen LogP contribution is 2.32. The molecule has 0 bridgehead atoms. The van der Waals surface area contributed by atoms with Crippen LogP contribution in [-0.4, -0.2) is 28.5 Å². The maximum Gasteiger partial charge on any atom is 0.261 e. The fourth-order valence-corrected chi connectivity index (χ4v) is 4.08. The first kappa shape index (κ1) is 18.3. The minimum atomic E-state index is -0.282. The molecular formula is C21H19FN4OS. The lowest BCUT2D eigenvalue weighted by atomic mass is 10.1. The number of aromatic amines is 1. The maximum atomic E-state index is 13.1. The number of rotatable bonds is 6. The van der Waals surface area contributed by atoms with Gasteiger partial charge in [0, 0.05) is 40.8 Å². The summed E-state index contributed by atoms with van der Waals surface area (Å²) < 4.78 is 13.1. The summed E-state index contributed by atoms with van der Waals surface area (Å²) in [5.74, 6) is -0.441. The van der Waals surface area contributed by atoms with E-state index in [2.05, 4.69) is 15.3 Å². The van der Waals surface area contributed by atoms with Crippen molar-refractivity contribution in [2.45, 2.75) is 12.5 Å². The average molecular weight is 394 g/mol. The summed E-state index contributed by atoms with van der Waals surface area (Å²) in [6, 6.07) is 13.7. The molecule has 1 amide bonds. The largest absolute Gasteiger partial charge is 0.347 e. The van der Waals surface area contributed by atoms with Crippen molar-refractivity contribution < 1.29 is 9.18 Å². The Kier molecular flexibility index (Phi) is 5.18. The van der Waals surface area contributed by atoms with E-state index < -0.39 is 0 Å². The predicted octanol–water partition coefficient (Wildman–Crippen LogP) is 3.73. The molecule has 1 atom stereocenters. The van der Waals surface area contributed by atoms with Gasteiger partial charge in [-0.05, 0) is 48.4 Å². The number of nitrogens with two attached hydrogens (primary N) is 1. The number of aromatic nitrogens is 2. The molecule has 0 aliphatic rings. The molecule has 0 saturated heterocycles. The summed E-state index contributed by atoms with van der Waals surface area (Å²) >= 11 is 1.43. The third-order valence-electron chi connectivity index (χ3n) is 4.57. The summed E-state index contributed by atoms with van der Waals surface area (Å²) in [6.45, 7) is 0.301. The number of carbonyl (C=O) groups is 1. The molecule has 4 aromatic rings. The Labute approximate surface area is 165 Å². The van der Waals surface area contributed by atoms with Gasteiger partial charge in [0.25, 0.3) is 5.91 Å². The molecular weight excluding hydrogens is 375 g/mol. The van der Waals surface area contributed by atoms with Gasteiger partial charge in [0.15, 0.2) is 0 Å². The van der Waals surface area contributed by atoms with Crippen LogP contribution in [0.5, 0.6) is 0 Å². The number of pyridine rings is 1. The van der Waals surface area contributed by atoms with E-state index in [-0.39, 0.29) is 17.8 Å². The fraction of sp³-hybridized carbons (Fsp3) is 0.143. The molecule has 4 N–H and O–H groups in total. The van der Waals surface area contributed by atoms with Gasteiger partial charge in [0.1, 0.15) is 11.5 Å². The maximum absolute atomic E-state index is 13.1. The molecule has 0 aliphatic heterocycles. The average Bonchev–Trinajstić information content (AvgIpc) is 3.38. The monoisotopic (exact) mass is 394 g/mol. The number of hydrogen-bond donors (Lipinski definition) is 3. The van der Waals surface area contributed by atoms with Crippen molar-refractivity contribution in [1.29, 1.82) is 0 Å². The molecule has 1 aromatic carbocycles. The molecule has 0 spiro atoms. The number of thiophene rings is 1. The number of hydrogen-bond acceptors (Lipinski definition) is 4. The molecule has 0 saturated carbocycles. The summed E-state index contributed by atoms with van der Waals surface area (Å²) in [7, 11) is 0. The molecule has 3 aromatic heterocycles. The van der Waals surface area contributed by atoms with Crippen LogP contribution in [0.2, 0.25) is 0 Å². The SMILES string of the molecule is NCC(Cc1ccc(F)cc1)NC(=O)c1ccc(-c2ccnc3[nH]ccc23)s1. The Balaban J connectivity index is 1.49. The topological polar surface area (TPSA) is 83.8 Å². The van der Waals surface area contributed by atoms with Gasteiger partial charge in [-0.15, -0.1) is 11.3 Å². The van der Waals surface area contributed by atoms with Crippen molar-refractivity contribution in [1.82, 2.24) is 15.3 Å². The standard InChI is InChI=1S/C21H19FN4OS/c22-14-3-1-13(2-4-14)11-15(12-23)26-21(27)19-6-5-18(28-19)16-7-9-24-20-17(16)8-10-25-20/h1-10,15H,11-12,23H2,(H,24,25)(H,26,27). The van der Waals surface area contributed by atoms with E-state index in [1.807, 2.05) is 30.5 Å². The van der Waals surface area contributed by atoms with Gasteiger partial charge in [-0.1, -0.05) is 12.1 Å². The summed E-state index contributed by atoms with van der Waals surface area (Å²) in [5, 5.41) is 4.00. The highest BCUT2D eigenvalue weighted by Gasteiger charge is 2.16. The molecule has 0 radical (unpaired) electrons. The second-order valence-corrected chi connectivity index (χ2v) is 7.58. The van der Waals surface area contributed by atoms with Crippen molar-refractivity contribution in [2.75, 3.05) is 6.54 Å². The Bertz CT molecular complexity index is 1100. The third kappa shape index (κ3) is 3.81. The van der Waals surface area contributed by atoms with E-state index in [4.69, 9.17) is 5.73 Å². The van der Waals surface area contributed by atoms with Crippen LogP contribution in [0.15, 0.2) is 60.9 Å². The minimum Gasteiger partial charge on any atom is -0.347 e. The number of carbonyl (C=O) groups excluding carboxylic acids is 1. The number of halogens is 1. The van der Waals surface area contributed by atoms with Crippen LogP contribution in [0.4, 0.5) is 4.39 Å². The zero-order chi connectivity index (χ0) is 19.5. The number of nitrogens with zero attached hydrogens (tertiary/aromatic N) is 1. The first-order valence-corrected chi connectivity index (χ1v) is 9.73. The van der Waals surface area contributed by atoms with Crippen LogP contribution in [0.3, 0.4) is 0 Å². The van der Waals surface area contributed by atoms with Crippen molar-refractivity contribution >= 4 is 28.3 Å². The van der Waals surface area contributed by atoms with Gasteiger partial charge >= 0.3 is 0 Å². The van der Waals surface area contributed by atoms with Crippen molar-refractivity contribution in [3.05, 3.63) is 77.2 Å². The normalized spacial score (nSPS) is 12.2. The number of amides is 1. The molecule has 5 nitrogen and oxygen atoms in total. The van der Waals surface area contributed by atoms with Crippen molar-refractivity contribution in [3.8, 4) is 10.4 Å². The Morgan fingerprint density at radius 1 is 1.18 bits per heavy atom. The van der Waals surface area contributed by atoms with Gasteiger partial charge in [-0.3, -0.25) is 4.79 Å². The molecule has 3 heterocycles. The highest BCUT2D eigenvalue weighted by atomic mass is 32.1. The number of benzene rings is 1. The predicted molar refractivity (Wildman–Crippen MR) is 110 cm³/mol. The van der Waals surface area contributed by atoms with Crippen LogP contribution < -0.4 is 11.1 Å². The number of nitrogens with one attached hydrogen (secondary N) is 2. The molecule has 28 heavy (non-hydrogen) atoms. The van der Waals surface area contributed by atoms with Gasteiger partial charge in [-0.25, -0.2) is 9.37 Å². The van der Waals surface area contributed by atoms with Crippen LogP contribution in [0, 0.1) is 5.82 Å². The number of H-pyrrole nitrogens is 1. The van der Waals surface area contributed by atoms with E-state index in [0.717, 1.165) is 27.0 Å². The molecule has 1 unspecified atom stereocenters. The van der Waals surface area contributed by atoms with Crippen molar-refractivity contribution in [2.24, 2.45) is 5.73 Å². The van der Waals surface area contributed by atoms with E-state index >= 15 is 0 Å². The Morgan fingerprint density at radius 2 is 2.00 bits per heavy atom. The second kappa shape index (κ2) is 7.92. The van der Waals surface area contributed by atoms with Crippen LogP contribution in [-0.2, 0) is 6.42 Å². The lowest BCUT2D eigenvalue weighted by molar-refractivity contribution is 0.0942. The molecule has 0 fully saturated rings. The summed E-state index contributed by atoms with van der Waals surface area (Å²) in [6.07, 6.45) is 4.15. The van der Waals surface area contributed by atoms with Gasteiger partial charge in [-0.2, -0.15) is 0 Å². The zero-order valence-corrected chi connectivity index (χ0v) is 15.8. The molecule has 4 rings (SSSR count). The number of fused-ring (bicyclic) bond motifs is 1. The summed E-state index contributed by atoms with van der Waals surface area (Å²) in [4.78, 5) is 21.7. The van der Waals surface area contributed by atoms with E-state index in [1.165, 1.54) is 23.5 Å². The third-order valence-corrected chi connectivity index (χ3v) is 5.69. The van der Waals surface area contributed by atoms with Crippen LogP contribution in [0.25, 0.3) is 21.5 Å². The van der Waals surface area contributed by atoms with E-state index in [1.54, 1.807) is 18.3 Å². The zero-order valence-electron chi connectivity index (χ0n) is 15.0. The quantitative estimate of drug-likeness (QED) is 0.466. The second-order valence-electron chi connectivity index (χ2n) is 6.50. The molecule has 0 aliphatic carbocycles. The van der Waals surface area contributed by atoms with Crippen molar-refractivity contribution in [3.63, 3.8) is 0 Å². The minimum absolute atomic E-state index is 0.159. The molecule has 142 valence electrons. The smallest absolute Gasteiger partial charge is 0.261 e. The molecule has 7 heteroatoms.